The molecule has 8 nitrogen and oxygen atoms in total. The molecule has 1 aliphatic heterocycles. The van der Waals surface area contributed by atoms with Crippen LogP contribution in [0.5, 0.6) is 0 Å². The average Bonchev–Trinajstić information content (AvgIpc) is 2.88. The van der Waals surface area contributed by atoms with Crippen molar-refractivity contribution < 1.29 is 23.1 Å². The molecule has 2 rings (SSSR count). The van der Waals surface area contributed by atoms with E-state index in [-0.39, 0.29) is 29.2 Å². The van der Waals surface area contributed by atoms with Gasteiger partial charge in [-0.15, -0.1) is 11.3 Å². The summed E-state index contributed by atoms with van der Waals surface area (Å²) in [5, 5.41) is 11.7. The Hall–Kier alpha value is -1.52. The maximum Gasteiger partial charge on any atom is 0.356 e. The molecule has 21 heavy (non-hydrogen) atoms. The number of hydrogen-bond acceptors (Lipinski definition) is 6. The Bertz CT molecular complexity index is 647. The van der Waals surface area contributed by atoms with Gasteiger partial charge in [0.1, 0.15) is 0 Å². The van der Waals surface area contributed by atoms with Crippen LogP contribution in [0.1, 0.15) is 30.3 Å². The van der Waals surface area contributed by atoms with Crippen LogP contribution in [0.2, 0.25) is 0 Å². The van der Waals surface area contributed by atoms with Crippen LogP contribution in [-0.2, 0) is 14.8 Å². The van der Waals surface area contributed by atoms with Crippen LogP contribution in [0, 0.1) is 0 Å². The molecule has 0 unspecified atom stereocenters. The Morgan fingerprint density at radius 3 is 2.57 bits per heavy atom. The zero-order chi connectivity index (χ0) is 15.6. The number of rotatable bonds is 4. The van der Waals surface area contributed by atoms with Gasteiger partial charge in [0.05, 0.1) is 5.51 Å². The van der Waals surface area contributed by atoms with Gasteiger partial charge in [0.2, 0.25) is 5.91 Å². The predicted molar refractivity (Wildman–Crippen MR) is 74.7 cm³/mol. The lowest BCUT2D eigenvalue weighted by Crippen LogP contribution is -2.46. The van der Waals surface area contributed by atoms with Crippen molar-refractivity contribution in [1.29, 1.82) is 0 Å². The first kappa shape index (κ1) is 15.9. The van der Waals surface area contributed by atoms with Gasteiger partial charge >= 0.3 is 5.97 Å². The summed E-state index contributed by atoms with van der Waals surface area (Å²) in [7, 11) is -3.85. The first-order chi connectivity index (χ1) is 9.82. The smallest absolute Gasteiger partial charge is 0.356 e. The second-order valence-corrected chi connectivity index (χ2v) is 7.66. The Morgan fingerprint density at radius 1 is 1.43 bits per heavy atom. The molecule has 0 aromatic carbocycles. The normalized spacial score (nSPS) is 17.6. The fourth-order valence-corrected chi connectivity index (χ4v) is 4.95. The lowest BCUT2D eigenvalue weighted by Gasteiger charge is -2.31. The van der Waals surface area contributed by atoms with Gasteiger partial charge in [-0.05, 0) is 12.8 Å². The van der Waals surface area contributed by atoms with Gasteiger partial charge in [-0.3, -0.25) is 4.79 Å². The third kappa shape index (κ3) is 3.39. The SMILES string of the molecule is CC(=O)NC1CCN(S(=O)(=O)c2scnc2C(=O)O)CC1. The number of amides is 1. The van der Waals surface area contributed by atoms with Crippen molar-refractivity contribution in [2.75, 3.05) is 13.1 Å². The Balaban J connectivity index is 2.13. The number of carboxylic acids is 1. The fraction of sp³-hybridized carbons (Fsp3) is 0.545. The third-order valence-corrected chi connectivity index (χ3v) is 6.42. The average molecular weight is 333 g/mol. The van der Waals surface area contributed by atoms with E-state index < -0.39 is 21.7 Å². The number of piperidine rings is 1. The fourth-order valence-electron chi connectivity index (χ4n) is 2.21. The molecule has 0 atom stereocenters. The van der Waals surface area contributed by atoms with Crippen LogP contribution in [0.3, 0.4) is 0 Å². The second-order valence-electron chi connectivity index (χ2n) is 4.67. The molecule has 2 N–H and O–H groups in total. The van der Waals surface area contributed by atoms with Crippen LogP contribution in [0.4, 0.5) is 0 Å². The highest BCUT2D eigenvalue weighted by Gasteiger charge is 2.34. The zero-order valence-corrected chi connectivity index (χ0v) is 12.9. The molecule has 0 radical (unpaired) electrons. The standard InChI is InChI=1S/C11H15N3O5S2/c1-7(15)13-8-2-4-14(5-3-8)21(18,19)11-9(10(16)17)12-6-20-11/h6,8H,2-5H2,1H3,(H,13,15)(H,16,17). The number of thiazole rings is 1. The summed E-state index contributed by atoms with van der Waals surface area (Å²) in [5.41, 5.74) is 0.768. The van der Waals surface area contributed by atoms with Crippen molar-refractivity contribution >= 4 is 33.2 Å². The molecule has 0 spiro atoms. The Kier molecular flexibility index (Phi) is 4.59. The molecule has 0 bridgehead atoms. The number of aromatic carboxylic acids is 1. The molecule has 2 heterocycles. The highest BCUT2D eigenvalue weighted by Crippen LogP contribution is 2.26. The van der Waals surface area contributed by atoms with Gasteiger partial charge < -0.3 is 10.4 Å². The summed E-state index contributed by atoms with van der Waals surface area (Å²) in [6.07, 6.45) is 1.00. The third-order valence-electron chi connectivity index (χ3n) is 3.17. The number of carbonyl (C=O) groups is 2. The number of nitrogens with one attached hydrogen (secondary N) is 1. The number of hydrogen-bond donors (Lipinski definition) is 2. The minimum absolute atomic E-state index is 0.0469. The molecule has 1 saturated heterocycles. The van der Waals surface area contributed by atoms with E-state index in [0.29, 0.717) is 12.8 Å². The quantitative estimate of drug-likeness (QED) is 0.809. The van der Waals surface area contributed by atoms with E-state index in [9.17, 15) is 18.0 Å². The highest BCUT2D eigenvalue weighted by molar-refractivity contribution is 7.91. The molecule has 1 aromatic heterocycles. The van der Waals surface area contributed by atoms with Crippen molar-refractivity contribution in [3.8, 4) is 0 Å². The minimum Gasteiger partial charge on any atom is -0.476 e. The molecule has 116 valence electrons. The number of nitrogens with zero attached hydrogens (tertiary/aromatic N) is 2. The zero-order valence-electron chi connectivity index (χ0n) is 11.3. The maximum atomic E-state index is 12.4. The molecule has 1 aromatic rings. The molecule has 1 fully saturated rings. The monoisotopic (exact) mass is 333 g/mol. The van der Waals surface area contributed by atoms with Gasteiger partial charge in [-0.2, -0.15) is 4.31 Å². The van der Waals surface area contributed by atoms with Crippen molar-refractivity contribution in [3.05, 3.63) is 11.2 Å². The Morgan fingerprint density at radius 2 is 2.05 bits per heavy atom. The number of carboxylic acid groups (broad SMARTS) is 1. The lowest BCUT2D eigenvalue weighted by atomic mass is 10.1. The van der Waals surface area contributed by atoms with E-state index in [4.69, 9.17) is 5.11 Å². The van der Waals surface area contributed by atoms with Crippen LogP contribution >= 0.6 is 11.3 Å². The van der Waals surface area contributed by atoms with Gasteiger partial charge in [-0.25, -0.2) is 18.2 Å². The second kappa shape index (κ2) is 6.08. The molecular weight excluding hydrogens is 318 g/mol. The van der Waals surface area contributed by atoms with Crippen LogP contribution in [0.25, 0.3) is 0 Å². The van der Waals surface area contributed by atoms with Crippen LogP contribution in [-0.4, -0.2) is 53.8 Å². The highest BCUT2D eigenvalue weighted by atomic mass is 32.2. The molecular formula is C11H15N3O5S2. The van der Waals surface area contributed by atoms with Crippen molar-refractivity contribution in [2.45, 2.75) is 30.0 Å². The summed E-state index contributed by atoms with van der Waals surface area (Å²) in [6.45, 7) is 1.90. The van der Waals surface area contributed by atoms with Crippen molar-refractivity contribution in [2.24, 2.45) is 0 Å². The van der Waals surface area contributed by atoms with E-state index in [1.807, 2.05) is 0 Å². The van der Waals surface area contributed by atoms with Crippen LogP contribution in [0.15, 0.2) is 9.72 Å². The van der Waals surface area contributed by atoms with Gasteiger partial charge in [0.15, 0.2) is 9.90 Å². The summed E-state index contributed by atoms with van der Waals surface area (Å²) >= 11 is 0.799. The summed E-state index contributed by atoms with van der Waals surface area (Å²) < 4.78 is 25.9. The Labute approximate surface area is 125 Å². The van der Waals surface area contributed by atoms with E-state index in [1.165, 1.54) is 16.7 Å². The number of sulfonamides is 1. The van der Waals surface area contributed by atoms with E-state index in [0.717, 1.165) is 11.3 Å². The molecule has 1 amide bonds. The molecule has 10 heteroatoms. The number of aromatic nitrogens is 1. The summed E-state index contributed by atoms with van der Waals surface area (Å²) in [4.78, 5) is 25.6. The molecule has 0 aliphatic carbocycles. The van der Waals surface area contributed by atoms with E-state index in [2.05, 4.69) is 10.3 Å². The summed E-state index contributed by atoms with van der Waals surface area (Å²) in [6, 6.07) is -0.0469. The maximum absolute atomic E-state index is 12.4. The largest absolute Gasteiger partial charge is 0.476 e. The predicted octanol–water partition coefficient (Wildman–Crippen LogP) is 0.130. The molecule has 1 aliphatic rings. The van der Waals surface area contributed by atoms with Gasteiger partial charge in [0.25, 0.3) is 10.0 Å². The van der Waals surface area contributed by atoms with Crippen LogP contribution < -0.4 is 5.32 Å². The summed E-state index contributed by atoms with van der Waals surface area (Å²) in [5.74, 6) is -1.50. The van der Waals surface area contributed by atoms with E-state index in [1.54, 1.807) is 0 Å². The van der Waals surface area contributed by atoms with Gasteiger partial charge in [-0.1, -0.05) is 0 Å². The number of carbonyl (C=O) groups excluding carboxylic acids is 1. The first-order valence-corrected chi connectivity index (χ1v) is 8.58. The lowest BCUT2D eigenvalue weighted by molar-refractivity contribution is -0.119. The van der Waals surface area contributed by atoms with Crippen molar-refractivity contribution in [3.63, 3.8) is 0 Å². The first-order valence-electron chi connectivity index (χ1n) is 6.26. The van der Waals surface area contributed by atoms with E-state index >= 15 is 0 Å². The topological polar surface area (TPSA) is 117 Å². The molecule has 0 saturated carbocycles. The van der Waals surface area contributed by atoms with Crippen molar-refractivity contribution in [1.82, 2.24) is 14.6 Å². The minimum atomic E-state index is -3.85. The van der Waals surface area contributed by atoms with Gasteiger partial charge in [0, 0.05) is 26.1 Å².